The monoisotopic (exact) mass is 666 g/mol. The zero-order valence-electron chi connectivity index (χ0n) is 24.0. The number of aromatic nitrogens is 2. The Kier molecular flexibility index (Phi) is 12.7. The van der Waals surface area contributed by atoms with Crippen molar-refractivity contribution in [3.05, 3.63) is 54.2 Å². The SMILES string of the molecule is Cc1ncc(-c2cc(OCCN(C)C)c(NC(=O)C3COc4ccccc4O3)cc2F)[nH]1.O=C([O-])C(F)(F)F.O=C([O-])C(F)(F)F. The summed E-state index contributed by atoms with van der Waals surface area (Å²) in [6.07, 6.45) is -9.71. The highest BCUT2D eigenvalue weighted by molar-refractivity contribution is 5.96. The summed E-state index contributed by atoms with van der Waals surface area (Å²) in [5.41, 5.74) is 1.04. The number of H-pyrrole nitrogens is 1. The van der Waals surface area contributed by atoms with Crippen molar-refractivity contribution in [1.82, 2.24) is 14.9 Å². The molecule has 0 spiro atoms. The van der Waals surface area contributed by atoms with Gasteiger partial charge in [0.15, 0.2) is 11.5 Å². The molecule has 1 atom stereocenters. The fraction of sp³-hybridized carbons (Fsp3) is 0.333. The van der Waals surface area contributed by atoms with Crippen LogP contribution in [0.3, 0.4) is 0 Å². The highest BCUT2D eigenvalue weighted by atomic mass is 19.4. The maximum atomic E-state index is 14.9. The number of anilines is 1. The number of carbonyl (C=O) groups is 3. The van der Waals surface area contributed by atoms with Crippen molar-refractivity contribution in [3.63, 3.8) is 0 Å². The summed E-state index contributed by atoms with van der Waals surface area (Å²) in [5.74, 6) is -4.91. The van der Waals surface area contributed by atoms with Crippen molar-refractivity contribution in [2.24, 2.45) is 0 Å². The summed E-state index contributed by atoms with van der Waals surface area (Å²) in [7, 11) is 3.85. The second-order valence-electron chi connectivity index (χ2n) is 9.29. The van der Waals surface area contributed by atoms with Crippen molar-refractivity contribution in [1.29, 1.82) is 0 Å². The average molecular weight is 667 g/mol. The van der Waals surface area contributed by atoms with Gasteiger partial charge in [-0.05, 0) is 39.2 Å². The molecule has 2 N–H and O–H groups in total. The van der Waals surface area contributed by atoms with Gasteiger partial charge in [-0.15, -0.1) is 0 Å². The number of carboxylic acid groups (broad SMARTS) is 2. The molecule has 1 aromatic heterocycles. The molecular formula is C27H25F7N4O8-2. The molecule has 2 aromatic carbocycles. The minimum Gasteiger partial charge on any atom is -0.542 e. The number of hydrogen-bond donors (Lipinski definition) is 2. The van der Waals surface area contributed by atoms with Crippen LogP contribution in [0.2, 0.25) is 0 Å². The summed E-state index contributed by atoms with van der Waals surface area (Å²) in [6, 6.07) is 9.92. The first-order chi connectivity index (χ1) is 21.3. The van der Waals surface area contributed by atoms with Gasteiger partial charge in [-0.2, -0.15) is 26.3 Å². The maximum absolute atomic E-state index is 14.9. The Balaban J connectivity index is 0.000000440. The van der Waals surface area contributed by atoms with Crippen LogP contribution in [0.15, 0.2) is 42.6 Å². The number of rotatable bonds is 7. The van der Waals surface area contributed by atoms with Gasteiger partial charge in [0.1, 0.15) is 42.5 Å². The molecule has 1 amide bonds. The van der Waals surface area contributed by atoms with Crippen LogP contribution in [0.25, 0.3) is 11.3 Å². The van der Waals surface area contributed by atoms with E-state index in [2.05, 4.69) is 15.3 Å². The van der Waals surface area contributed by atoms with Gasteiger partial charge in [0, 0.05) is 18.2 Å². The summed E-state index contributed by atoms with van der Waals surface area (Å²) < 4.78 is 95.3. The van der Waals surface area contributed by atoms with Crippen LogP contribution < -0.4 is 29.7 Å². The third-order valence-corrected chi connectivity index (χ3v) is 5.38. The van der Waals surface area contributed by atoms with Crippen molar-refractivity contribution in [2.75, 3.05) is 39.2 Å². The van der Waals surface area contributed by atoms with Gasteiger partial charge in [-0.1, -0.05) is 12.1 Å². The molecule has 0 saturated carbocycles. The van der Waals surface area contributed by atoms with Gasteiger partial charge in [0.05, 0.1) is 17.6 Å². The van der Waals surface area contributed by atoms with Crippen LogP contribution in [0.4, 0.5) is 36.4 Å². The highest BCUT2D eigenvalue weighted by Crippen LogP contribution is 2.35. The number of nitrogens with zero attached hydrogens (tertiary/aromatic N) is 2. The highest BCUT2D eigenvalue weighted by Gasteiger charge is 2.30. The molecule has 0 fully saturated rings. The van der Waals surface area contributed by atoms with Crippen LogP contribution in [-0.2, 0) is 14.4 Å². The number of ether oxygens (including phenoxy) is 3. The molecule has 0 bridgehead atoms. The number of nitrogens with one attached hydrogen (secondary N) is 2. The molecule has 46 heavy (non-hydrogen) atoms. The number of aryl methyl sites for hydroxylation is 1. The number of aliphatic carboxylic acids is 2. The van der Waals surface area contributed by atoms with Gasteiger partial charge >= 0.3 is 12.4 Å². The molecule has 19 heteroatoms. The van der Waals surface area contributed by atoms with E-state index in [-0.39, 0.29) is 12.3 Å². The number of fused-ring (bicyclic) bond motifs is 1. The fourth-order valence-electron chi connectivity index (χ4n) is 3.23. The van der Waals surface area contributed by atoms with E-state index in [1.54, 1.807) is 37.4 Å². The van der Waals surface area contributed by atoms with Crippen LogP contribution in [-0.4, -0.2) is 85.0 Å². The van der Waals surface area contributed by atoms with Crippen LogP contribution in [0.5, 0.6) is 17.2 Å². The number of benzene rings is 2. The van der Waals surface area contributed by atoms with E-state index >= 15 is 0 Å². The summed E-state index contributed by atoms with van der Waals surface area (Å²) in [4.78, 5) is 39.5. The first kappa shape index (κ1) is 37.1. The summed E-state index contributed by atoms with van der Waals surface area (Å²) in [6.45, 7) is 2.85. The fourth-order valence-corrected chi connectivity index (χ4v) is 3.23. The van der Waals surface area contributed by atoms with Gasteiger partial charge in [-0.3, -0.25) is 4.79 Å². The topological polar surface area (TPSA) is 169 Å². The van der Waals surface area contributed by atoms with E-state index in [9.17, 15) is 35.5 Å². The Morgan fingerprint density at radius 2 is 1.61 bits per heavy atom. The zero-order valence-corrected chi connectivity index (χ0v) is 24.0. The first-order valence-corrected chi connectivity index (χ1v) is 12.7. The van der Waals surface area contributed by atoms with Gasteiger partial charge in [-0.25, -0.2) is 9.37 Å². The summed E-state index contributed by atoms with van der Waals surface area (Å²) in [5, 5.41) is 20.3. The molecular weight excluding hydrogens is 641 g/mol. The zero-order chi connectivity index (χ0) is 34.8. The van der Waals surface area contributed by atoms with E-state index < -0.39 is 42.1 Å². The number of likely N-dealkylation sites (N-methyl/N-ethyl adjacent to an activating group) is 1. The van der Waals surface area contributed by atoms with Crippen molar-refractivity contribution in [3.8, 4) is 28.5 Å². The van der Waals surface area contributed by atoms with E-state index in [0.29, 0.717) is 47.5 Å². The number of carbonyl (C=O) groups excluding carboxylic acids is 3. The number of amides is 1. The molecule has 1 aliphatic heterocycles. The predicted octanol–water partition coefficient (Wildman–Crippen LogP) is 1.84. The molecule has 12 nitrogen and oxygen atoms in total. The largest absolute Gasteiger partial charge is 0.542 e. The van der Waals surface area contributed by atoms with E-state index in [1.165, 1.54) is 6.07 Å². The second kappa shape index (κ2) is 15.8. The average Bonchev–Trinajstić information content (AvgIpc) is 3.39. The quantitative estimate of drug-likeness (QED) is 0.355. The number of halogens is 7. The number of imidazole rings is 1. The minimum absolute atomic E-state index is 0.0493. The molecule has 1 unspecified atom stereocenters. The maximum Gasteiger partial charge on any atom is 0.430 e. The Bertz CT molecular complexity index is 1490. The third-order valence-electron chi connectivity index (χ3n) is 5.38. The molecule has 0 saturated heterocycles. The Labute approximate surface area is 255 Å². The molecule has 0 radical (unpaired) electrons. The van der Waals surface area contributed by atoms with Gasteiger partial charge in [0.2, 0.25) is 6.10 Å². The molecule has 0 aliphatic carbocycles. The number of para-hydroxylation sites is 2. The Hall–Kier alpha value is -5.07. The van der Waals surface area contributed by atoms with E-state index in [1.807, 2.05) is 25.1 Å². The van der Waals surface area contributed by atoms with Crippen molar-refractivity contribution < 1.29 is 69.5 Å². The predicted molar refractivity (Wildman–Crippen MR) is 140 cm³/mol. The normalized spacial score (nSPS) is 13.8. The van der Waals surface area contributed by atoms with Crippen molar-refractivity contribution >= 4 is 23.5 Å². The number of hydrogen-bond acceptors (Lipinski definition) is 10. The second-order valence-corrected chi connectivity index (χ2v) is 9.29. The van der Waals surface area contributed by atoms with Crippen LogP contribution in [0, 0.1) is 12.7 Å². The van der Waals surface area contributed by atoms with Crippen LogP contribution in [0.1, 0.15) is 5.82 Å². The molecule has 2 heterocycles. The lowest BCUT2D eigenvalue weighted by molar-refractivity contribution is -0.344. The number of carboxylic acids is 2. The lowest BCUT2D eigenvalue weighted by Gasteiger charge is -2.26. The van der Waals surface area contributed by atoms with Gasteiger partial charge in [0.25, 0.3) is 5.91 Å². The smallest absolute Gasteiger partial charge is 0.430 e. The van der Waals surface area contributed by atoms with E-state index in [0.717, 1.165) is 0 Å². The molecule has 3 aromatic rings. The lowest BCUT2D eigenvalue weighted by atomic mass is 10.1. The Morgan fingerprint density at radius 1 is 1.04 bits per heavy atom. The molecule has 252 valence electrons. The summed E-state index contributed by atoms with van der Waals surface area (Å²) >= 11 is 0. The first-order valence-electron chi connectivity index (χ1n) is 12.7. The molecule has 4 rings (SSSR count). The molecule has 1 aliphatic rings. The number of alkyl halides is 6. The minimum atomic E-state index is -5.19. The lowest BCUT2D eigenvalue weighted by Crippen LogP contribution is -2.40. The standard InChI is InChI=1S/C23H25FN4O4.2C2HF3O2/c1-14-25-12-18(26-14)15-10-21(30-9-8-28(2)3)17(11-16(15)24)27-23(29)22-13-31-19-6-4-5-7-20(19)32-22;2*3-2(4,5)1(6)7/h4-7,10-12,22H,8-9,13H2,1-3H3,(H,25,26)(H,27,29);2*(H,6,7)/p-2. The van der Waals surface area contributed by atoms with Crippen molar-refractivity contribution in [2.45, 2.75) is 25.4 Å². The van der Waals surface area contributed by atoms with Gasteiger partial charge < -0.3 is 49.2 Å². The Morgan fingerprint density at radius 3 is 2.11 bits per heavy atom. The number of aromatic amines is 1. The van der Waals surface area contributed by atoms with Crippen LogP contribution >= 0.6 is 0 Å². The third kappa shape index (κ3) is 11.5. The van der Waals surface area contributed by atoms with E-state index in [4.69, 9.17) is 34.0 Å².